The van der Waals surface area contributed by atoms with Gasteiger partial charge in [-0.05, 0) is 23.8 Å². The lowest BCUT2D eigenvalue weighted by atomic mass is 10.0. The quantitative estimate of drug-likeness (QED) is 0.899. The molecule has 6 heteroatoms. The molecule has 2 aromatic carbocycles. The number of hydrogen-bond donors (Lipinski definition) is 2. The maximum Gasteiger partial charge on any atom is 0.262 e. The first-order chi connectivity index (χ1) is 10.6. The van der Waals surface area contributed by atoms with Crippen LogP contribution in [0.1, 0.15) is 12.0 Å². The highest BCUT2D eigenvalue weighted by atomic mass is 35.5. The normalized spacial score (nSPS) is 17.6. The van der Waals surface area contributed by atoms with Gasteiger partial charge in [-0.2, -0.15) is 5.10 Å². The van der Waals surface area contributed by atoms with E-state index < -0.39 is 6.04 Å². The minimum absolute atomic E-state index is 0.189. The van der Waals surface area contributed by atoms with Crippen LogP contribution in [-0.4, -0.2) is 17.7 Å². The van der Waals surface area contributed by atoms with E-state index in [-0.39, 0.29) is 5.91 Å². The Labute approximate surface area is 138 Å². The summed E-state index contributed by atoms with van der Waals surface area (Å²) in [6.07, 6.45) is 0.481. The van der Waals surface area contributed by atoms with Crippen LogP contribution in [0.4, 0.5) is 5.69 Å². The van der Waals surface area contributed by atoms with Gasteiger partial charge in [0, 0.05) is 11.4 Å². The van der Waals surface area contributed by atoms with Gasteiger partial charge in [0.05, 0.1) is 16.4 Å². The van der Waals surface area contributed by atoms with Crippen molar-refractivity contribution in [2.75, 3.05) is 5.32 Å². The van der Waals surface area contributed by atoms with Crippen molar-refractivity contribution in [3.8, 4) is 0 Å². The van der Waals surface area contributed by atoms with E-state index in [0.717, 1.165) is 11.3 Å². The molecule has 0 saturated heterocycles. The molecule has 112 valence electrons. The van der Waals surface area contributed by atoms with E-state index in [1.54, 1.807) is 18.2 Å². The molecule has 0 aliphatic carbocycles. The van der Waals surface area contributed by atoms with Gasteiger partial charge in [-0.15, -0.1) is 0 Å². The molecular formula is C16H13Cl2N3O. The van der Waals surface area contributed by atoms with Crippen LogP contribution >= 0.6 is 23.2 Å². The molecule has 1 aliphatic heterocycles. The third kappa shape index (κ3) is 3.24. The van der Waals surface area contributed by atoms with Gasteiger partial charge in [0.1, 0.15) is 6.04 Å². The van der Waals surface area contributed by atoms with Crippen LogP contribution < -0.4 is 10.7 Å². The molecule has 0 unspecified atom stereocenters. The number of carbonyl (C=O) groups is 1. The lowest BCUT2D eigenvalue weighted by Gasteiger charge is -2.24. The van der Waals surface area contributed by atoms with Crippen molar-refractivity contribution in [2.24, 2.45) is 5.10 Å². The second-order valence-corrected chi connectivity index (χ2v) is 5.77. The number of anilines is 1. The number of nitrogens with zero attached hydrogens (tertiary/aromatic N) is 1. The van der Waals surface area contributed by atoms with E-state index in [0.29, 0.717) is 22.2 Å². The van der Waals surface area contributed by atoms with Crippen molar-refractivity contribution in [1.82, 2.24) is 5.43 Å². The number of hydrazone groups is 1. The molecule has 0 spiro atoms. The smallest absolute Gasteiger partial charge is 0.262 e. The molecule has 1 aliphatic rings. The van der Waals surface area contributed by atoms with Crippen LogP contribution in [0.15, 0.2) is 53.6 Å². The third-order valence-electron chi connectivity index (χ3n) is 3.38. The Morgan fingerprint density at radius 3 is 2.64 bits per heavy atom. The largest absolute Gasteiger partial charge is 0.372 e. The Kier molecular flexibility index (Phi) is 4.32. The van der Waals surface area contributed by atoms with Crippen LogP contribution in [-0.2, 0) is 4.79 Å². The van der Waals surface area contributed by atoms with Crippen LogP contribution in [0.3, 0.4) is 0 Å². The third-order valence-corrected chi connectivity index (χ3v) is 3.93. The second kappa shape index (κ2) is 6.38. The van der Waals surface area contributed by atoms with Gasteiger partial charge in [-0.1, -0.05) is 53.5 Å². The monoisotopic (exact) mass is 333 g/mol. The van der Waals surface area contributed by atoms with Gasteiger partial charge in [-0.3, -0.25) is 4.79 Å². The van der Waals surface area contributed by atoms with Crippen molar-refractivity contribution in [3.63, 3.8) is 0 Å². The maximum absolute atomic E-state index is 12.0. The number of benzene rings is 2. The number of rotatable bonds is 3. The van der Waals surface area contributed by atoms with E-state index in [1.165, 1.54) is 0 Å². The van der Waals surface area contributed by atoms with Crippen LogP contribution in [0.2, 0.25) is 10.0 Å². The molecule has 2 aromatic rings. The molecule has 0 aromatic heterocycles. The summed E-state index contributed by atoms with van der Waals surface area (Å²) in [6, 6.07) is 14.4. The molecule has 1 atom stereocenters. The minimum Gasteiger partial charge on any atom is -0.372 e. The summed E-state index contributed by atoms with van der Waals surface area (Å²) >= 11 is 12.0. The Hall–Kier alpha value is -2.04. The first-order valence-electron chi connectivity index (χ1n) is 6.77. The molecular weight excluding hydrogens is 321 g/mol. The first-order valence-corrected chi connectivity index (χ1v) is 7.52. The first kappa shape index (κ1) is 14.9. The molecule has 0 bridgehead atoms. The topological polar surface area (TPSA) is 53.5 Å². The van der Waals surface area contributed by atoms with Gasteiger partial charge < -0.3 is 5.32 Å². The van der Waals surface area contributed by atoms with Crippen molar-refractivity contribution in [2.45, 2.75) is 12.5 Å². The molecule has 0 radical (unpaired) electrons. The Bertz CT molecular complexity index is 731. The van der Waals surface area contributed by atoms with Gasteiger partial charge in [-0.25, -0.2) is 5.43 Å². The highest BCUT2D eigenvalue weighted by Gasteiger charge is 2.26. The van der Waals surface area contributed by atoms with Crippen LogP contribution in [0.25, 0.3) is 0 Å². The number of nitrogens with one attached hydrogen (secondary N) is 2. The summed E-state index contributed by atoms with van der Waals surface area (Å²) in [7, 11) is 0. The highest BCUT2D eigenvalue weighted by Crippen LogP contribution is 2.27. The second-order valence-electron chi connectivity index (χ2n) is 4.93. The molecule has 0 saturated carbocycles. The van der Waals surface area contributed by atoms with E-state index in [9.17, 15) is 4.79 Å². The standard InChI is InChI=1S/C16H13Cl2N3O/c17-11-6-7-13(12(18)8-11)19-15-9-14(20-21-16(15)22)10-4-2-1-3-5-10/h1-8,15,19H,9H2,(H,21,22)/t15-/m1/s1. The minimum atomic E-state index is -0.439. The molecule has 1 heterocycles. The molecule has 1 amide bonds. The zero-order chi connectivity index (χ0) is 15.5. The average Bonchev–Trinajstić information content (AvgIpc) is 2.53. The summed E-state index contributed by atoms with van der Waals surface area (Å²) in [4.78, 5) is 12.0. The van der Waals surface area contributed by atoms with E-state index in [2.05, 4.69) is 15.8 Å². The lowest BCUT2D eigenvalue weighted by Crippen LogP contribution is -2.43. The fourth-order valence-corrected chi connectivity index (χ4v) is 2.72. The zero-order valence-corrected chi connectivity index (χ0v) is 13.0. The van der Waals surface area contributed by atoms with E-state index in [4.69, 9.17) is 23.2 Å². The lowest BCUT2D eigenvalue weighted by molar-refractivity contribution is -0.122. The molecule has 22 heavy (non-hydrogen) atoms. The van der Waals surface area contributed by atoms with E-state index >= 15 is 0 Å². The van der Waals surface area contributed by atoms with E-state index in [1.807, 2.05) is 30.3 Å². The fraction of sp³-hybridized carbons (Fsp3) is 0.125. The van der Waals surface area contributed by atoms with Crippen molar-refractivity contribution < 1.29 is 4.79 Å². The Morgan fingerprint density at radius 2 is 1.91 bits per heavy atom. The summed E-state index contributed by atoms with van der Waals surface area (Å²) in [5.41, 5.74) is 5.02. The van der Waals surface area contributed by atoms with Gasteiger partial charge in [0.25, 0.3) is 5.91 Å². The van der Waals surface area contributed by atoms with Crippen molar-refractivity contribution in [1.29, 1.82) is 0 Å². The number of halogens is 2. The van der Waals surface area contributed by atoms with Crippen molar-refractivity contribution >= 4 is 40.5 Å². The molecule has 4 nitrogen and oxygen atoms in total. The van der Waals surface area contributed by atoms with Crippen LogP contribution in [0.5, 0.6) is 0 Å². The summed E-state index contributed by atoms with van der Waals surface area (Å²) in [6.45, 7) is 0. The number of carbonyl (C=O) groups excluding carboxylic acids is 1. The maximum atomic E-state index is 12.0. The summed E-state index contributed by atoms with van der Waals surface area (Å²) < 4.78 is 0. The molecule has 2 N–H and O–H groups in total. The number of hydrogen-bond acceptors (Lipinski definition) is 3. The molecule has 0 fully saturated rings. The average molecular weight is 334 g/mol. The molecule has 3 rings (SSSR count). The van der Waals surface area contributed by atoms with Crippen LogP contribution in [0, 0.1) is 0 Å². The van der Waals surface area contributed by atoms with Gasteiger partial charge in [0.15, 0.2) is 0 Å². The Morgan fingerprint density at radius 1 is 1.14 bits per heavy atom. The highest BCUT2D eigenvalue weighted by molar-refractivity contribution is 6.36. The van der Waals surface area contributed by atoms with Gasteiger partial charge >= 0.3 is 0 Å². The fourth-order valence-electron chi connectivity index (χ4n) is 2.26. The summed E-state index contributed by atoms with van der Waals surface area (Å²) in [5.74, 6) is -0.189. The zero-order valence-electron chi connectivity index (χ0n) is 11.5. The summed E-state index contributed by atoms with van der Waals surface area (Å²) in [5, 5.41) is 8.30. The predicted octanol–water partition coefficient (Wildman–Crippen LogP) is 3.70. The predicted molar refractivity (Wildman–Crippen MR) is 89.6 cm³/mol. The number of amides is 1. The van der Waals surface area contributed by atoms with Gasteiger partial charge in [0.2, 0.25) is 0 Å². The Balaban J connectivity index is 1.80. The SMILES string of the molecule is O=C1NN=C(c2ccccc2)C[C@H]1Nc1ccc(Cl)cc1Cl. The van der Waals surface area contributed by atoms with Crippen molar-refractivity contribution in [3.05, 3.63) is 64.1 Å².